The number of amides is 1. The van der Waals surface area contributed by atoms with Gasteiger partial charge in [-0.3, -0.25) is 14.8 Å². The van der Waals surface area contributed by atoms with Gasteiger partial charge in [-0.2, -0.15) is 16.9 Å². The lowest BCUT2D eigenvalue weighted by Gasteiger charge is -2.26. The summed E-state index contributed by atoms with van der Waals surface area (Å²) in [6.45, 7) is 5.21. The predicted molar refractivity (Wildman–Crippen MR) is 90.3 cm³/mol. The van der Waals surface area contributed by atoms with Gasteiger partial charge in [0.2, 0.25) is 0 Å². The van der Waals surface area contributed by atoms with Gasteiger partial charge in [0.25, 0.3) is 5.91 Å². The van der Waals surface area contributed by atoms with Crippen molar-refractivity contribution in [2.75, 3.05) is 29.9 Å². The molecule has 0 radical (unpaired) electrons. The second-order valence-electron chi connectivity index (χ2n) is 5.46. The summed E-state index contributed by atoms with van der Waals surface area (Å²) in [5.41, 5.74) is 3.63. The number of aromatic nitrogens is 2. The van der Waals surface area contributed by atoms with E-state index >= 15 is 0 Å². The fourth-order valence-corrected chi connectivity index (χ4v) is 3.47. The Bertz CT molecular complexity index is 636. The number of anilines is 1. The molecule has 1 amide bonds. The minimum atomic E-state index is -0.160. The maximum atomic E-state index is 12.1. The molecule has 0 atom stereocenters. The van der Waals surface area contributed by atoms with Crippen LogP contribution in [0.5, 0.6) is 0 Å². The van der Waals surface area contributed by atoms with Gasteiger partial charge >= 0.3 is 0 Å². The number of aromatic amines is 1. The zero-order valence-electron chi connectivity index (χ0n) is 12.6. The number of thioether (sulfide) groups is 1. The van der Waals surface area contributed by atoms with Crippen molar-refractivity contribution >= 4 is 23.4 Å². The lowest BCUT2D eigenvalue weighted by atomic mass is 10.1. The van der Waals surface area contributed by atoms with E-state index in [1.54, 1.807) is 12.3 Å². The molecule has 2 N–H and O–H groups in total. The number of aryl methyl sites for hydroxylation is 1. The van der Waals surface area contributed by atoms with Crippen LogP contribution in [0.15, 0.2) is 30.5 Å². The van der Waals surface area contributed by atoms with Gasteiger partial charge in [0.05, 0.1) is 0 Å². The smallest absolute Gasteiger partial charge is 0.273 e. The van der Waals surface area contributed by atoms with Crippen molar-refractivity contribution in [1.82, 2.24) is 15.1 Å². The molecule has 1 fully saturated rings. The number of H-pyrrole nitrogens is 1. The van der Waals surface area contributed by atoms with Crippen LogP contribution in [-0.2, 0) is 6.54 Å². The number of carbonyl (C=O) groups is 1. The molecule has 1 aliphatic rings. The number of hydrogen-bond acceptors (Lipinski definition) is 4. The molecule has 2 heterocycles. The molecule has 0 saturated carbocycles. The van der Waals surface area contributed by atoms with Crippen molar-refractivity contribution in [1.29, 1.82) is 0 Å². The Balaban J connectivity index is 1.70. The van der Waals surface area contributed by atoms with Crippen molar-refractivity contribution in [2.45, 2.75) is 13.5 Å². The van der Waals surface area contributed by atoms with E-state index in [-0.39, 0.29) is 5.91 Å². The second kappa shape index (κ2) is 6.98. The average Bonchev–Trinajstić information content (AvgIpc) is 3.06. The summed E-state index contributed by atoms with van der Waals surface area (Å²) in [4.78, 5) is 14.6. The Morgan fingerprint density at radius 1 is 1.36 bits per heavy atom. The molecule has 22 heavy (non-hydrogen) atoms. The van der Waals surface area contributed by atoms with E-state index in [0.29, 0.717) is 5.69 Å². The van der Waals surface area contributed by atoms with Crippen LogP contribution in [0, 0.1) is 6.92 Å². The van der Waals surface area contributed by atoms with Gasteiger partial charge < -0.3 is 5.32 Å². The van der Waals surface area contributed by atoms with E-state index in [9.17, 15) is 4.79 Å². The van der Waals surface area contributed by atoms with Crippen molar-refractivity contribution in [3.05, 3.63) is 47.3 Å². The van der Waals surface area contributed by atoms with Crippen LogP contribution in [0.2, 0.25) is 0 Å². The third kappa shape index (κ3) is 3.69. The molecule has 1 aliphatic heterocycles. The molecule has 1 aromatic carbocycles. The van der Waals surface area contributed by atoms with Crippen LogP contribution in [0.3, 0.4) is 0 Å². The summed E-state index contributed by atoms with van der Waals surface area (Å²) in [5.74, 6) is 2.25. The molecule has 3 rings (SSSR count). The topological polar surface area (TPSA) is 61.0 Å². The first kappa shape index (κ1) is 15.1. The average molecular weight is 316 g/mol. The molecular weight excluding hydrogens is 296 g/mol. The molecule has 5 nitrogen and oxygen atoms in total. The van der Waals surface area contributed by atoms with Gasteiger partial charge in [0, 0.05) is 43.0 Å². The highest BCUT2D eigenvalue weighted by Crippen LogP contribution is 2.20. The minimum Gasteiger partial charge on any atom is -0.320 e. The highest BCUT2D eigenvalue weighted by atomic mass is 32.2. The molecule has 6 heteroatoms. The van der Waals surface area contributed by atoms with Gasteiger partial charge in [-0.25, -0.2) is 0 Å². The maximum absolute atomic E-state index is 12.1. The fourth-order valence-electron chi connectivity index (χ4n) is 2.49. The number of rotatable bonds is 4. The lowest BCUT2D eigenvalue weighted by Crippen LogP contribution is -2.32. The second-order valence-corrected chi connectivity index (χ2v) is 6.69. The van der Waals surface area contributed by atoms with Crippen molar-refractivity contribution in [3.63, 3.8) is 0 Å². The summed E-state index contributed by atoms with van der Waals surface area (Å²) in [5, 5.41) is 9.45. The SMILES string of the molecule is Cc1ccc(CN2CCSCC2)cc1NC(=O)c1ccn[nH]1. The Morgan fingerprint density at radius 3 is 2.91 bits per heavy atom. The lowest BCUT2D eigenvalue weighted by molar-refractivity contribution is 0.102. The van der Waals surface area contributed by atoms with Crippen LogP contribution < -0.4 is 5.32 Å². The van der Waals surface area contributed by atoms with Crippen molar-refractivity contribution in [2.24, 2.45) is 0 Å². The summed E-state index contributed by atoms with van der Waals surface area (Å²) in [6.07, 6.45) is 1.58. The van der Waals surface area contributed by atoms with Crippen LogP contribution in [0.1, 0.15) is 21.6 Å². The monoisotopic (exact) mass is 316 g/mol. The van der Waals surface area contributed by atoms with Gasteiger partial charge in [0.1, 0.15) is 5.69 Å². The van der Waals surface area contributed by atoms with Gasteiger partial charge in [-0.05, 0) is 30.2 Å². The van der Waals surface area contributed by atoms with E-state index in [2.05, 4.69) is 38.6 Å². The zero-order valence-corrected chi connectivity index (χ0v) is 13.4. The quantitative estimate of drug-likeness (QED) is 0.910. The van der Waals surface area contributed by atoms with Crippen LogP contribution in [0.25, 0.3) is 0 Å². The summed E-state index contributed by atoms with van der Waals surface area (Å²) >= 11 is 2.01. The number of benzene rings is 1. The highest BCUT2D eigenvalue weighted by Gasteiger charge is 2.13. The molecule has 0 spiro atoms. The van der Waals surface area contributed by atoms with E-state index < -0.39 is 0 Å². The molecular formula is C16H20N4OS. The van der Waals surface area contributed by atoms with E-state index in [1.165, 1.54) is 17.1 Å². The van der Waals surface area contributed by atoms with Crippen molar-refractivity contribution in [3.8, 4) is 0 Å². The Labute approximate surface area is 134 Å². The zero-order chi connectivity index (χ0) is 15.4. The molecule has 1 saturated heterocycles. The van der Waals surface area contributed by atoms with Gasteiger partial charge in [0.15, 0.2) is 0 Å². The Kier molecular flexibility index (Phi) is 4.80. The standard InChI is InChI=1S/C16H20N4OS/c1-12-2-3-13(11-20-6-8-22-9-7-20)10-15(12)18-16(21)14-4-5-17-19-14/h2-5,10H,6-9,11H2,1H3,(H,17,19)(H,18,21). The Morgan fingerprint density at radius 2 is 2.18 bits per heavy atom. The fraction of sp³-hybridized carbons (Fsp3) is 0.375. The molecule has 0 aliphatic carbocycles. The van der Waals surface area contributed by atoms with Crippen LogP contribution in [-0.4, -0.2) is 45.6 Å². The maximum Gasteiger partial charge on any atom is 0.273 e. The first-order valence-electron chi connectivity index (χ1n) is 7.43. The van der Waals surface area contributed by atoms with E-state index in [0.717, 1.165) is 30.9 Å². The molecule has 0 bridgehead atoms. The molecule has 116 valence electrons. The molecule has 1 aromatic heterocycles. The minimum absolute atomic E-state index is 0.160. The van der Waals surface area contributed by atoms with Gasteiger partial charge in [-0.1, -0.05) is 12.1 Å². The predicted octanol–water partition coefficient (Wildman–Crippen LogP) is 2.52. The largest absolute Gasteiger partial charge is 0.320 e. The summed E-state index contributed by atoms with van der Waals surface area (Å²) in [7, 11) is 0. The van der Waals surface area contributed by atoms with E-state index in [1.807, 2.05) is 18.7 Å². The first-order valence-corrected chi connectivity index (χ1v) is 8.58. The van der Waals surface area contributed by atoms with E-state index in [4.69, 9.17) is 0 Å². The third-order valence-corrected chi connectivity index (χ3v) is 4.75. The Hall–Kier alpha value is -1.79. The normalized spacial score (nSPS) is 15.7. The highest BCUT2D eigenvalue weighted by molar-refractivity contribution is 7.99. The number of nitrogens with zero attached hydrogens (tertiary/aromatic N) is 2. The first-order chi connectivity index (χ1) is 10.7. The van der Waals surface area contributed by atoms with Crippen LogP contribution in [0.4, 0.5) is 5.69 Å². The van der Waals surface area contributed by atoms with Crippen LogP contribution >= 0.6 is 11.8 Å². The number of nitrogens with one attached hydrogen (secondary N) is 2. The molecule has 2 aromatic rings. The summed E-state index contributed by atoms with van der Waals surface area (Å²) < 4.78 is 0. The van der Waals surface area contributed by atoms with Gasteiger partial charge in [-0.15, -0.1) is 0 Å². The number of carbonyl (C=O) groups excluding carboxylic acids is 1. The third-order valence-electron chi connectivity index (χ3n) is 3.81. The summed E-state index contributed by atoms with van der Waals surface area (Å²) in [6, 6.07) is 7.95. The van der Waals surface area contributed by atoms with Crippen molar-refractivity contribution < 1.29 is 4.79 Å². The number of hydrogen-bond donors (Lipinski definition) is 2. The molecule has 0 unspecified atom stereocenters.